The number of nitrogens with zero attached hydrogens (tertiary/aromatic N) is 1. The van der Waals surface area contributed by atoms with Crippen molar-refractivity contribution in [3.8, 4) is 0 Å². The summed E-state index contributed by atoms with van der Waals surface area (Å²) in [7, 11) is 0. The molecule has 0 saturated carbocycles. The Balaban J connectivity index is 1.28. The molecule has 0 amide bonds. The van der Waals surface area contributed by atoms with Gasteiger partial charge in [0.2, 0.25) is 0 Å². The molecule has 0 radical (unpaired) electrons. The number of fused-ring (bicyclic) bond motifs is 4. The first-order valence-electron chi connectivity index (χ1n) is 13.1. The lowest BCUT2D eigenvalue weighted by Crippen LogP contribution is -2.21. The zero-order valence-electron chi connectivity index (χ0n) is 21.5. The number of nitrogens with one attached hydrogen (secondary N) is 1. The highest BCUT2D eigenvalue weighted by Gasteiger charge is 2.30. The third kappa shape index (κ3) is 4.01. The normalized spacial score (nSPS) is 13.7. The minimum absolute atomic E-state index is 0.187. The molecule has 6 nitrogen and oxygen atoms in total. The second-order valence-corrected chi connectivity index (χ2v) is 9.85. The van der Waals surface area contributed by atoms with Crippen LogP contribution in [0.3, 0.4) is 0 Å². The molecule has 0 spiro atoms. The highest BCUT2D eigenvalue weighted by molar-refractivity contribution is 6.29. The maximum absolute atomic E-state index is 13.3. The Bertz CT molecular complexity index is 1990. The molecule has 0 unspecified atom stereocenters. The number of ketones is 4. The molecule has 5 aromatic rings. The molecule has 2 aliphatic carbocycles. The second kappa shape index (κ2) is 9.47. The SMILES string of the molecule is O=C1c2ccccc2C(=O)c2cc(N=C(Nc3ccc4c(c3)C(=O)c3ccccc3C4=O)c3ccccc3)ccc21. The highest BCUT2D eigenvalue weighted by atomic mass is 16.1. The van der Waals surface area contributed by atoms with Gasteiger partial charge in [0.05, 0.1) is 5.69 Å². The molecule has 0 bridgehead atoms. The van der Waals surface area contributed by atoms with E-state index in [0.29, 0.717) is 61.7 Å². The van der Waals surface area contributed by atoms with E-state index in [1.807, 2.05) is 30.3 Å². The van der Waals surface area contributed by atoms with Crippen LogP contribution in [-0.2, 0) is 0 Å². The van der Waals surface area contributed by atoms with Gasteiger partial charge in [-0.15, -0.1) is 0 Å². The Morgan fingerprint density at radius 3 is 1.44 bits per heavy atom. The number of hydrogen-bond acceptors (Lipinski definition) is 5. The molecule has 7 rings (SSSR count). The van der Waals surface area contributed by atoms with E-state index in [0.717, 1.165) is 5.56 Å². The van der Waals surface area contributed by atoms with Crippen molar-refractivity contribution in [2.45, 2.75) is 0 Å². The molecular formula is C35H20N2O4. The monoisotopic (exact) mass is 532 g/mol. The van der Waals surface area contributed by atoms with Crippen molar-refractivity contribution in [1.29, 1.82) is 0 Å². The van der Waals surface area contributed by atoms with Crippen LogP contribution in [0.2, 0.25) is 0 Å². The van der Waals surface area contributed by atoms with Crippen LogP contribution in [0.15, 0.2) is 120 Å². The number of rotatable bonds is 3. The number of carbonyl (C=O) groups excluding carboxylic acids is 4. The Hall–Kier alpha value is -5.75. The maximum atomic E-state index is 13.3. The van der Waals surface area contributed by atoms with Gasteiger partial charge in [-0.2, -0.15) is 0 Å². The van der Waals surface area contributed by atoms with Gasteiger partial charge in [0.15, 0.2) is 23.1 Å². The van der Waals surface area contributed by atoms with Crippen LogP contribution in [-0.4, -0.2) is 29.0 Å². The van der Waals surface area contributed by atoms with Crippen LogP contribution in [0.4, 0.5) is 11.4 Å². The molecule has 0 aliphatic heterocycles. The van der Waals surface area contributed by atoms with Crippen LogP contribution in [0.25, 0.3) is 0 Å². The van der Waals surface area contributed by atoms with Gasteiger partial charge in [-0.3, -0.25) is 19.2 Å². The predicted octanol–water partition coefficient (Wildman–Crippen LogP) is 6.43. The molecule has 5 aromatic carbocycles. The quantitative estimate of drug-likeness (QED) is 0.209. The summed E-state index contributed by atoms with van der Waals surface area (Å²) in [5.74, 6) is -0.346. The summed E-state index contributed by atoms with van der Waals surface area (Å²) in [6, 6.07) is 33.1. The molecule has 0 fully saturated rings. The van der Waals surface area contributed by atoms with Crippen molar-refractivity contribution >= 4 is 40.3 Å². The van der Waals surface area contributed by atoms with E-state index in [1.165, 1.54) is 0 Å². The van der Waals surface area contributed by atoms with E-state index in [2.05, 4.69) is 5.32 Å². The number of anilines is 1. The second-order valence-electron chi connectivity index (χ2n) is 9.85. The molecule has 6 heteroatoms. The summed E-state index contributed by atoms with van der Waals surface area (Å²) in [5, 5.41) is 3.30. The topological polar surface area (TPSA) is 92.7 Å². The number of benzene rings is 5. The van der Waals surface area contributed by atoms with Crippen molar-refractivity contribution in [2.24, 2.45) is 4.99 Å². The average molecular weight is 533 g/mol. The summed E-state index contributed by atoms with van der Waals surface area (Å²) in [6.07, 6.45) is 0. The zero-order chi connectivity index (χ0) is 28.1. The molecule has 0 atom stereocenters. The fraction of sp³-hybridized carbons (Fsp3) is 0. The summed E-state index contributed by atoms with van der Waals surface area (Å²) in [5.41, 5.74) is 4.71. The predicted molar refractivity (Wildman–Crippen MR) is 156 cm³/mol. The summed E-state index contributed by atoms with van der Waals surface area (Å²) >= 11 is 0. The Morgan fingerprint density at radius 2 is 0.878 bits per heavy atom. The van der Waals surface area contributed by atoms with Crippen LogP contribution in [0.5, 0.6) is 0 Å². The van der Waals surface area contributed by atoms with Gasteiger partial charge < -0.3 is 5.32 Å². The lowest BCUT2D eigenvalue weighted by atomic mass is 9.84. The van der Waals surface area contributed by atoms with E-state index >= 15 is 0 Å². The molecule has 0 heterocycles. The van der Waals surface area contributed by atoms with Gasteiger partial charge >= 0.3 is 0 Å². The van der Waals surface area contributed by atoms with Gasteiger partial charge in [0.1, 0.15) is 5.84 Å². The molecule has 1 N–H and O–H groups in total. The van der Waals surface area contributed by atoms with Gasteiger partial charge in [-0.05, 0) is 36.4 Å². The summed E-state index contributed by atoms with van der Waals surface area (Å²) in [6.45, 7) is 0. The van der Waals surface area contributed by atoms with Crippen molar-refractivity contribution in [3.63, 3.8) is 0 Å². The fourth-order valence-electron chi connectivity index (χ4n) is 5.36. The Morgan fingerprint density at radius 1 is 0.439 bits per heavy atom. The van der Waals surface area contributed by atoms with Crippen molar-refractivity contribution in [2.75, 3.05) is 5.32 Å². The van der Waals surface area contributed by atoms with Crippen molar-refractivity contribution < 1.29 is 19.2 Å². The van der Waals surface area contributed by atoms with Crippen molar-refractivity contribution in [3.05, 3.63) is 165 Å². The van der Waals surface area contributed by atoms with Crippen LogP contribution >= 0.6 is 0 Å². The fourth-order valence-corrected chi connectivity index (χ4v) is 5.36. The molecule has 0 aromatic heterocycles. The van der Waals surface area contributed by atoms with Gasteiger partial charge in [-0.1, -0.05) is 78.9 Å². The zero-order valence-corrected chi connectivity index (χ0v) is 21.5. The average Bonchev–Trinajstić information content (AvgIpc) is 3.02. The number of amidine groups is 1. The molecule has 194 valence electrons. The third-order valence-corrected chi connectivity index (χ3v) is 7.38. The Labute approximate surface area is 235 Å². The van der Waals surface area contributed by atoms with Crippen LogP contribution in [0.1, 0.15) is 69.2 Å². The van der Waals surface area contributed by atoms with E-state index in [9.17, 15) is 19.2 Å². The molecular weight excluding hydrogens is 512 g/mol. The first kappa shape index (κ1) is 24.3. The van der Waals surface area contributed by atoms with Crippen LogP contribution in [0, 0.1) is 0 Å². The van der Waals surface area contributed by atoms with Crippen LogP contribution < -0.4 is 5.32 Å². The third-order valence-electron chi connectivity index (χ3n) is 7.38. The van der Waals surface area contributed by atoms with Crippen molar-refractivity contribution in [1.82, 2.24) is 0 Å². The lowest BCUT2D eigenvalue weighted by Gasteiger charge is -2.19. The Kier molecular flexibility index (Phi) is 5.61. The minimum Gasteiger partial charge on any atom is -0.340 e. The molecule has 0 saturated heterocycles. The standard InChI is InChI=1S/C35H20N2O4/c38-31-23-10-4-6-12-25(23)33(40)29-18-21(14-16-27(29)31)36-35(20-8-2-1-3-9-20)37-22-15-17-28-30(19-22)34(41)26-13-7-5-11-24(26)32(28)39/h1-19H,(H,36,37). The summed E-state index contributed by atoms with van der Waals surface area (Å²) in [4.78, 5) is 57.4. The lowest BCUT2D eigenvalue weighted by molar-refractivity contribution is 0.0979. The first-order chi connectivity index (χ1) is 20.0. The minimum atomic E-state index is -0.223. The first-order valence-corrected chi connectivity index (χ1v) is 13.1. The largest absolute Gasteiger partial charge is 0.340 e. The van der Waals surface area contributed by atoms with E-state index in [1.54, 1.807) is 84.9 Å². The van der Waals surface area contributed by atoms with Gasteiger partial charge in [-0.25, -0.2) is 4.99 Å². The van der Waals surface area contributed by atoms with E-state index in [-0.39, 0.29) is 23.1 Å². The maximum Gasteiger partial charge on any atom is 0.194 e. The van der Waals surface area contributed by atoms with E-state index < -0.39 is 0 Å². The summed E-state index contributed by atoms with van der Waals surface area (Å²) < 4.78 is 0. The van der Waals surface area contributed by atoms with Gasteiger partial charge in [0, 0.05) is 55.8 Å². The number of aliphatic imine (C=N–C) groups is 1. The van der Waals surface area contributed by atoms with E-state index in [4.69, 9.17) is 4.99 Å². The van der Waals surface area contributed by atoms with Gasteiger partial charge in [0.25, 0.3) is 0 Å². The molecule has 41 heavy (non-hydrogen) atoms. The number of hydrogen-bond donors (Lipinski definition) is 1. The number of carbonyl (C=O) groups is 4. The molecule has 2 aliphatic rings. The smallest absolute Gasteiger partial charge is 0.194 e. The highest BCUT2D eigenvalue weighted by Crippen LogP contribution is 2.32.